The van der Waals surface area contributed by atoms with Crippen molar-refractivity contribution in [3.63, 3.8) is 0 Å². The van der Waals surface area contributed by atoms with E-state index in [9.17, 15) is 10.1 Å². The molecule has 0 N–H and O–H groups in total. The molecular weight excluding hydrogens is 298 g/mol. The van der Waals surface area contributed by atoms with Crippen LogP contribution in [0.3, 0.4) is 0 Å². The van der Waals surface area contributed by atoms with Crippen LogP contribution in [0.15, 0.2) is 30.3 Å². The van der Waals surface area contributed by atoms with Gasteiger partial charge in [0.2, 0.25) is 0 Å². The lowest BCUT2D eigenvalue weighted by atomic mass is 10.1. The van der Waals surface area contributed by atoms with Gasteiger partial charge in [-0.05, 0) is 18.2 Å². The van der Waals surface area contributed by atoms with E-state index in [-0.39, 0.29) is 10.8 Å². The number of hydrogen-bond donors (Lipinski definition) is 0. The van der Waals surface area contributed by atoms with Gasteiger partial charge in [-0.15, -0.1) is 0 Å². The van der Waals surface area contributed by atoms with Gasteiger partial charge in [-0.2, -0.15) is 0 Å². The number of nitrogens with zero attached hydrogens (tertiary/aromatic N) is 2. The summed E-state index contributed by atoms with van der Waals surface area (Å²) in [6.07, 6.45) is 0. The summed E-state index contributed by atoms with van der Waals surface area (Å²) < 4.78 is 0. The Morgan fingerprint density at radius 2 is 1.83 bits per heavy atom. The Kier molecular flexibility index (Phi) is 3.71. The second kappa shape index (κ2) is 5.10. The fraction of sp³-hybridized carbons (Fsp3) is 0. The second-order valence-electron chi connectivity index (χ2n) is 3.41. The molecule has 1 heterocycles. The molecule has 0 unspecified atom stereocenters. The average molecular weight is 304 g/mol. The van der Waals surface area contributed by atoms with Crippen LogP contribution >= 0.6 is 34.8 Å². The lowest BCUT2D eigenvalue weighted by Crippen LogP contribution is -1.92. The minimum absolute atomic E-state index is 0.0234. The molecule has 4 nitrogen and oxygen atoms in total. The van der Waals surface area contributed by atoms with E-state index in [1.165, 1.54) is 12.1 Å². The summed E-state index contributed by atoms with van der Waals surface area (Å²) in [7, 11) is 0. The number of aromatic nitrogens is 1. The van der Waals surface area contributed by atoms with Crippen molar-refractivity contribution in [2.75, 3.05) is 0 Å². The number of rotatable bonds is 2. The summed E-state index contributed by atoms with van der Waals surface area (Å²) in [6, 6.07) is 7.25. The van der Waals surface area contributed by atoms with Gasteiger partial charge in [0.1, 0.15) is 5.15 Å². The summed E-state index contributed by atoms with van der Waals surface area (Å²) in [5.74, 6) is 0. The lowest BCUT2D eigenvalue weighted by Gasteiger charge is -2.05. The van der Waals surface area contributed by atoms with Gasteiger partial charge in [-0.1, -0.05) is 34.8 Å². The maximum absolute atomic E-state index is 10.7. The molecule has 0 fully saturated rings. The van der Waals surface area contributed by atoms with Crippen LogP contribution in [-0.2, 0) is 0 Å². The highest BCUT2D eigenvalue weighted by Crippen LogP contribution is 2.32. The number of halogens is 3. The van der Waals surface area contributed by atoms with Crippen molar-refractivity contribution in [1.29, 1.82) is 0 Å². The second-order valence-corrected chi connectivity index (χ2v) is 4.65. The van der Waals surface area contributed by atoms with Crippen molar-refractivity contribution >= 4 is 40.5 Å². The van der Waals surface area contributed by atoms with E-state index in [1.807, 2.05) is 0 Å². The molecule has 0 aliphatic carbocycles. The van der Waals surface area contributed by atoms with Crippen LogP contribution in [0.1, 0.15) is 0 Å². The first-order valence-electron chi connectivity index (χ1n) is 4.75. The molecule has 7 heteroatoms. The summed E-state index contributed by atoms with van der Waals surface area (Å²) in [5.41, 5.74) is 0.650. The van der Waals surface area contributed by atoms with E-state index in [1.54, 1.807) is 18.2 Å². The van der Waals surface area contributed by atoms with Crippen molar-refractivity contribution in [3.8, 4) is 11.3 Å². The molecule has 1 aromatic carbocycles. The quantitative estimate of drug-likeness (QED) is 0.462. The monoisotopic (exact) mass is 302 g/mol. The Labute approximate surface area is 117 Å². The van der Waals surface area contributed by atoms with Gasteiger partial charge in [0.05, 0.1) is 21.7 Å². The Bertz CT molecular complexity index is 632. The smallest absolute Gasteiger partial charge is 0.258 e. The van der Waals surface area contributed by atoms with Gasteiger partial charge in [-0.25, -0.2) is 4.98 Å². The zero-order valence-electron chi connectivity index (χ0n) is 8.73. The fourth-order valence-corrected chi connectivity index (χ4v) is 2.01. The third-order valence-electron chi connectivity index (χ3n) is 2.19. The van der Waals surface area contributed by atoms with Gasteiger partial charge in [-0.3, -0.25) is 10.1 Å². The predicted octanol–water partition coefficient (Wildman–Crippen LogP) is 4.62. The third-order valence-corrected chi connectivity index (χ3v) is 2.95. The minimum Gasteiger partial charge on any atom is -0.258 e. The van der Waals surface area contributed by atoms with Crippen molar-refractivity contribution in [2.24, 2.45) is 0 Å². The first-order valence-corrected chi connectivity index (χ1v) is 5.88. The number of nitro groups is 1. The Morgan fingerprint density at radius 1 is 1.11 bits per heavy atom. The van der Waals surface area contributed by atoms with E-state index in [2.05, 4.69) is 4.98 Å². The average Bonchev–Trinajstić information content (AvgIpc) is 2.31. The fourth-order valence-electron chi connectivity index (χ4n) is 1.42. The van der Waals surface area contributed by atoms with Crippen LogP contribution in [0, 0.1) is 10.1 Å². The first-order chi connectivity index (χ1) is 8.47. The van der Waals surface area contributed by atoms with E-state index in [0.29, 0.717) is 21.3 Å². The molecule has 0 saturated heterocycles. The molecule has 0 aliphatic rings. The summed E-state index contributed by atoms with van der Waals surface area (Å²) in [4.78, 5) is 14.2. The zero-order chi connectivity index (χ0) is 13.3. The SMILES string of the molecule is O=[N+]([O-])c1cc(Cl)nc(-c2cc(Cl)ccc2Cl)c1. The van der Waals surface area contributed by atoms with Gasteiger partial charge < -0.3 is 0 Å². The molecule has 0 saturated carbocycles. The number of hydrogen-bond acceptors (Lipinski definition) is 3. The van der Waals surface area contributed by atoms with Gasteiger partial charge in [0.15, 0.2) is 0 Å². The summed E-state index contributed by atoms with van der Waals surface area (Å²) >= 11 is 17.6. The van der Waals surface area contributed by atoms with Crippen LogP contribution < -0.4 is 0 Å². The van der Waals surface area contributed by atoms with E-state index >= 15 is 0 Å². The van der Waals surface area contributed by atoms with Gasteiger partial charge >= 0.3 is 0 Å². The van der Waals surface area contributed by atoms with E-state index < -0.39 is 4.92 Å². The Balaban J connectivity index is 2.63. The highest BCUT2D eigenvalue weighted by atomic mass is 35.5. The van der Waals surface area contributed by atoms with E-state index in [4.69, 9.17) is 34.8 Å². The summed E-state index contributed by atoms with van der Waals surface area (Å²) in [5, 5.41) is 11.6. The first kappa shape index (κ1) is 13.1. The molecule has 18 heavy (non-hydrogen) atoms. The molecule has 1 aromatic heterocycles. The maximum Gasteiger partial charge on any atom is 0.274 e. The third kappa shape index (κ3) is 2.72. The normalized spacial score (nSPS) is 10.4. The lowest BCUT2D eigenvalue weighted by molar-refractivity contribution is -0.384. The molecular formula is C11H5Cl3N2O2. The van der Waals surface area contributed by atoms with E-state index in [0.717, 1.165) is 0 Å². The predicted molar refractivity (Wildman–Crippen MR) is 71.4 cm³/mol. The van der Waals surface area contributed by atoms with Gasteiger partial charge in [0, 0.05) is 16.7 Å². The Hall–Kier alpha value is -1.36. The molecule has 0 amide bonds. The largest absolute Gasteiger partial charge is 0.274 e. The molecule has 0 aliphatic heterocycles. The Morgan fingerprint density at radius 3 is 2.50 bits per heavy atom. The van der Waals surface area contributed by atoms with Crippen molar-refractivity contribution in [3.05, 3.63) is 55.6 Å². The highest BCUT2D eigenvalue weighted by molar-refractivity contribution is 6.35. The molecule has 2 rings (SSSR count). The van der Waals surface area contributed by atoms with Crippen LogP contribution in [0.2, 0.25) is 15.2 Å². The standard InChI is InChI=1S/C11H5Cl3N2O2/c12-6-1-2-9(13)8(3-6)10-4-7(16(17)18)5-11(14)15-10/h1-5H. The van der Waals surface area contributed by atoms with Gasteiger partial charge in [0.25, 0.3) is 5.69 Å². The molecule has 0 radical (unpaired) electrons. The highest BCUT2D eigenvalue weighted by Gasteiger charge is 2.13. The van der Waals surface area contributed by atoms with Crippen LogP contribution in [0.5, 0.6) is 0 Å². The molecule has 0 spiro atoms. The topological polar surface area (TPSA) is 56.0 Å². The minimum atomic E-state index is -0.546. The van der Waals surface area contributed by atoms with Crippen molar-refractivity contribution in [1.82, 2.24) is 4.98 Å². The van der Waals surface area contributed by atoms with Crippen LogP contribution in [-0.4, -0.2) is 9.91 Å². The number of pyridine rings is 1. The molecule has 0 bridgehead atoms. The van der Waals surface area contributed by atoms with Crippen LogP contribution in [0.4, 0.5) is 5.69 Å². The zero-order valence-corrected chi connectivity index (χ0v) is 11.0. The molecule has 92 valence electrons. The summed E-state index contributed by atoms with van der Waals surface area (Å²) in [6.45, 7) is 0. The van der Waals surface area contributed by atoms with Crippen molar-refractivity contribution < 1.29 is 4.92 Å². The molecule has 0 atom stereocenters. The maximum atomic E-state index is 10.7. The van der Waals surface area contributed by atoms with Crippen molar-refractivity contribution in [2.45, 2.75) is 0 Å². The number of benzene rings is 1. The van der Waals surface area contributed by atoms with Crippen LogP contribution in [0.25, 0.3) is 11.3 Å². The molecule has 2 aromatic rings.